The van der Waals surface area contributed by atoms with Crippen LogP contribution in [0.25, 0.3) is 0 Å². The van der Waals surface area contributed by atoms with Crippen molar-refractivity contribution in [1.82, 2.24) is 0 Å². The highest BCUT2D eigenvalue weighted by atomic mass is 32.2. The fourth-order valence-corrected chi connectivity index (χ4v) is 2.80. The first-order chi connectivity index (χ1) is 10.3. The summed E-state index contributed by atoms with van der Waals surface area (Å²) in [6, 6.07) is 13.9. The molecule has 0 atom stereocenters. The van der Waals surface area contributed by atoms with Gasteiger partial charge in [0, 0.05) is 4.90 Å². The lowest BCUT2D eigenvalue weighted by Gasteiger charge is -2.12. The van der Waals surface area contributed by atoms with Gasteiger partial charge in [-0.25, -0.2) is 0 Å². The third-order valence-corrected chi connectivity index (χ3v) is 3.86. The Hall–Kier alpha value is -1.81. The Bertz CT molecular complexity index is 567. The van der Waals surface area contributed by atoms with Gasteiger partial charge in [-0.3, -0.25) is 0 Å². The maximum atomic E-state index is 5.69. The van der Waals surface area contributed by atoms with Crippen LogP contribution in [-0.2, 0) is 0 Å². The highest BCUT2D eigenvalue weighted by molar-refractivity contribution is 7.99. The first kappa shape index (κ1) is 15.6. The van der Waals surface area contributed by atoms with E-state index in [1.807, 2.05) is 56.3 Å². The molecule has 0 aliphatic heterocycles. The molecule has 2 aromatic carbocycles. The number of hydrogen-bond acceptors (Lipinski definition) is 4. The van der Waals surface area contributed by atoms with Gasteiger partial charge in [0.1, 0.15) is 17.2 Å². The van der Waals surface area contributed by atoms with E-state index in [0.717, 1.165) is 27.0 Å². The van der Waals surface area contributed by atoms with Crippen molar-refractivity contribution < 1.29 is 14.2 Å². The van der Waals surface area contributed by atoms with Gasteiger partial charge in [-0.1, -0.05) is 11.8 Å². The molecule has 0 aliphatic carbocycles. The fourth-order valence-electron chi connectivity index (χ4n) is 1.87. The van der Waals surface area contributed by atoms with Crippen molar-refractivity contribution in [3.05, 3.63) is 42.5 Å². The quantitative estimate of drug-likeness (QED) is 0.744. The molecule has 2 aromatic rings. The summed E-state index contributed by atoms with van der Waals surface area (Å²) in [5, 5.41) is 0. The van der Waals surface area contributed by atoms with Crippen LogP contribution in [0.3, 0.4) is 0 Å². The monoisotopic (exact) mass is 304 g/mol. The van der Waals surface area contributed by atoms with Crippen molar-refractivity contribution >= 4 is 11.8 Å². The maximum Gasteiger partial charge on any atom is 0.133 e. The second-order valence-corrected chi connectivity index (χ2v) is 5.37. The van der Waals surface area contributed by atoms with Gasteiger partial charge in [0.05, 0.1) is 25.2 Å². The molecule has 0 saturated heterocycles. The van der Waals surface area contributed by atoms with Crippen molar-refractivity contribution in [2.24, 2.45) is 0 Å². The summed E-state index contributed by atoms with van der Waals surface area (Å²) in [5.41, 5.74) is 0. The van der Waals surface area contributed by atoms with Gasteiger partial charge in [0.2, 0.25) is 0 Å². The van der Waals surface area contributed by atoms with Crippen LogP contribution in [-0.4, -0.2) is 20.3 Å². The summed E-state index contributed by atoms with van der Waals surface area (Å²) >= 11 is 1.65. The van der Waals surface area contributed by atoms with E-state index in [1.165, 1.54) is 0 Å². The fraction of sp³-hybridized carbons (Fsp3) is 0.294. The standard InChI is InChI=1S/C17H20O3S/c1-4-19-14-8-11-16(20-5-2)17(12-14)21-15-9-6-13(18-3)7-10-15/h6-12H,4-5H2,1-3H3. The van der Waals surface area contributed by atoms with E-state index in [4.69, 9.17) is 14.2 Å². The Morgan fingerprint density at radius 2 is 1.52 bits per heavy atom. The highest BCUT2D eigenvalue weighted by Crippen LogP contribution is 2.38. The predicted molar refractivity (Wildman–Crippen MR) is 85.9 cm³/mol. The van der Waals surface area contributed by atoms with Gasteiger partial charge in [0.15, 0.2) is 0 Å². The Kier molecular flexibility index (Phi) is 5.81. The van der Waals surface area contributed by atoms with Crippen LogP contribution in [0.4, 0.5) is 0 Å². The average Bonchev–Trinajstić information content (AvgIpc) is 2.51. The molecule has 0 N–H and O–H groups in total. The SMILES string of the molecule is CCOc1ccc(OCC)c(Sc2ccc(OC)cc2)c1. The predicted octanol–water partition coefficient (Wildman–Crippen LogP) is 4.64. The molecular formula is C17H20O3S. The van der Waals surface area contributed by atoms with Crippen LogP contribution in [0.1, 0.15) is 13.8 Å². The molecule has 3 nitrogen and oxygen atoms in total. The van der Waals surface area contributed by atoms with Crippen LogP contribution in [0.15, 0.2) is 52.3 Å². The Morgan fingerprint density at radius 1 is 0.857 bits per heavy atom. The zero-order chi connectivity index (χ0) is 15.1. The Labute approximate surface area is 130 Å². The molecule has 2 rings (SSSR count). The van der Waals surface area contributed by atoms with Gasteiger partial charge >= 0.3 is 0 Å². The summed E-state index contributed by atoms with van der Waals surface area (Å²) in [5.74, 6) is 2.59. The van der Waals surface area contributed by atoms with Gasteiger partial charge in [-0.05, 0) is 56.3 Å². The van der Waals surface area contributed by atoms with Crippen LogP contribution >= 0.6 is 11.8 Å². The van der Waals surface area contributed by atoms with Crippen molar-refractivity contribution in [1.29, 1.82) is 0 Å². The number of benzene rings is 2. The lowest BCUT2D eigenvalue weighted by Crippen LogP contribution is -1.96. The Balaban J connectivity index is 2.23. The third-order valence-electron chi connectivity index (χ3n) is 2.81. The van der Waals surface area contributed by atoms with E-state index in [0.29, 0.717) is 13.2 Å². The summed E-state index contributed by atoms with van der Waals surface area (Å²) in [7, 11) is 1.67. The molecule has 0 spiro atoms. The zero-order valence-corrected chi connectivity index (χ0v) is 13.4. The summed E-state index contributed by atoms with van der Waals surface area (Å²) in [6.07, 6.45) is 0. The van der Waals surface area contributed by atoms with E-state index in [1.54, 1.807) is 18.9 Å². The first-order valence-electron chi connectivity index (χ1n) is 6.98. The number of ether oxygens (including phenoxy) is 3. The second kappa shape index (κ2) is 7.84. The Morgan fingerprint density at radius 3 is 2.14 bits per heavy atom. The van der Waals surface area contributed by atoms with E-state index >= 15 is 0 Å². The van der Waals surface area contributed by atoms with Gasteiger partial charge < -0.3 is 14.2 Å². The average molecular weight is 304 g/mol. The summed E-state index contributed by atoms with van der Waals surface area (Å²) in [4.78, 5) is 2.18. The smallest absolute Gasteiger partial charge is 0.133 e. The minimum Gasteiger partial charge on any atom is -0.497 e. The molecule has 4 heteroatoms. The van der Waals surface area contributed by atoms with E-state index < -0.39 is 0 Å². The normalized spacial score (nSPS) is 10.2. The molecule has 0 aromatic heterocycles. The molecule has 0 saturated carbocycles. The van der Waals surface area contributed by atoms with E-state index in [-0.39, 0.29) is 0 Å². The van der Waals surface area contributed by atoms with Crippen LogP contribution in [0.5, 0.6) is 17.2 Å². The van der Waals surface area contributed by atoms with Crippen LogP contribution in [0, 0.1) is 0 Å². The van der Waals surface area contributed by atoms with Crippen LogP contribution < -0.4 is 14.2 Å². The number of hydrogen-bond donors (Lipinski definition) is 0. The molecule has 0 amide bonds. The molecule has 0 aliphatic rings. The van der Waals surface area contributed by atoms with Gasteiger partial charge in [-0.2, -0.15) is 0 Å². The second-order valence-electron chi connectivity index (χ2n) is 4.25. The summed E-state index contributed by atoms with van der Waals surface area (Å²) < 4.78 is 16.4. The molecular weight excluding hydrogens is 284 g/mol. The molecule has 0 unspecified atom stereocenters. The highest BCUT2D eigenvalue weighted by Gasteiger charge is 2.08. The van der Waals surface area contributed by atoms with Crippen LogP contribution in [0.2, 0.25) is 0 Å². The molecule has 0 bridgehead atoms. The van der Waals surface area contributed by atoms with Gasteiger partial charge in [-0.15, -0.1) is 0 Å². The van der Waals surface area contributed by atoms with Crippen molar-refractivity contribution in [3.8, 4) is 17.2 Å². The lowest BCUT2D eigenvalue weighted by molar-refractivity contribution is 0.323. The maximum absolute atomic E-state index is 5.69. The molecule has 112 valence electrons. The molecule has 0 heterocycles. The van der Waals surface area contributed by atoms with E-state index in [2.05, 4.69) is 0 Å². The summed E-state index contributed by atoms with van der Waals surface area (Å²) in [6.45, 7) is 5.26. The lowest BCUT2D eigenvalue weighted by atomic mass is 10.3. The van der Waals surface area contributed by atoms with Crippen molar-refractivity contribution in [2.45, 2.75) is 23.6 Å². The van der Waals surface area contributed by atoms with Gasteiger partial charge in [0.25, 0.3) is 0 Å². The molecule has 0 radical (unpaired) electrons. The minimum absolute atomic E-state index is 0.643. The van der Waals surface area contributed by atoms with Crippen molar-refractivity contribution in [2.75, 3.05) is 20.3 Å². The minimum atomic E-state index is 0.643. The first-order valence-corrected chi connectivity index (χ1v) is 7.80. The topological polar surface area (TPSA) is 27.7 Å². The number of rotatable bonds is 7. The third kappa shape index (κ3) is 4.33. The van der Waals surface area contributed by atoms with Crippen molar-refractivity contribution in [3.63, 3.8) is 0 Å². The van der Waals surface area contributed by atoms with E-state index in [9.17, 15) is 0 Å². The molecule has 21 heavy (non-hydrogen) atoms. The zero-order valence-electron chi connectivity index (χ0n) is 12.6. The molecule has 0 fully saturated rings. The largest absolute Gasteiger partial charge is 0.497 e. The number of methoxy groups -OCH3 is 1.